The first kappa shape index (κ1) is 16.2. The number of piperidine rings is 1. The zero-order chi connectivity index (χ0) is 18.1. The van der Waals surface area contributed by atoms with E-state index in [2.05, 4.69) is 48.3 Å². The number of nitrogens with one attached hydrogen (secondary N) is 1. The van der Waals surface area contributed by atoms with Gasteiger partial charge in [0, 0.05) is 19.0 Å². The summed E-state index contributed by atoms with van der Waals surface area (Å²) in [7, 11) is 0. The number of fused-ring (bicyclic) bond motifs is 1. The number of benzene rings is 1. The molecule has 5 rings (SSSR count). The summed E-state index contributed by atoms with van der Waals surface area (Å²) in [5.74, 6) is 2.79. The van der Waals surface area contributed by atoms with Gasteiger partial charge in [0.2, 0.25) is 5.91 Å². The minimum absolute atomic E-state index is 0.0540. The number of alkyl carbamates (subject to hydrolysis) is 1. The number of nitrogens with zero attached hydrogens (tertiary/aromatic N) is 1. The van der Waals surface area contributed by atoms with E-state index in [1.165, 1.54) is 11.1 Å². The largest absolute Gasteiger partial charge is 0.447 e. The number of ether oxygens (including phenoxy) is 1. The molecule has 2 aliphatic carbocycles. The highest BCUT2D eigenvalue weighted by atomic mass is 16.6. The zero-order valence-electron chi connectivity index (χ0n) is 15.4. The molecule has 2 saturated heterocycles. The molecule has 3 atom stereocenters. The van der Waals surface area contributed by atoms with Crippen molar-refractivity contribution in [1.82, 2.24) is 10.2 Å². The highest BCUT2D eigenvalue weighted by molar-refractivity contribution is 5.82. The molecule has 1 aromatic rings. The van der Waals surface area contributed by atoms with Crippen LogP contribution in [0.4, 0.5) is 4.79 Å². The van der Waals surface area contributed by atoms with Gasteiger partial charge in [0.05, 0.1) is 5.54 Å². The van der Waals surface area contributed by atoms with E-state index in [1.54, 1.807) is 0 Å². The number of likely N-dealkylation sites (tertiary alicyclic amines) is 1. The van der Waals surface area contributed by atoms with Gasteiger partial charge in [-0.3, -0.25) is 4.79 Å². The summed E-state index contributed by atoms with van der Waals surface area (Å²) in [6, 6.07) is 9.07. The highest BCUT2D eigenvalue weighted by Crippen LogP contribution is 2.58. The predicted octanol–water partition coefficient (Wildman–Crippen LogP) is 2.87. The molecule has 2 saturated carbocycles. The summed E-state index contributed by atoms with van der Waals surface area (Å²) in [5.41, 5.74) is 2.56. The third-order valence-electron chi connectivity index (χ3n) is 6.96. The van der Waals surface area contributed by atoms with Gasteiger partial charge in [0.1, 0.15) is 6.61 Å². The fourth-order valence-corrected chi connectivity index (χ4v) is 5.33. The fraction of sp³-hybridized carbons (Fsp3) is 0.619. The van der Waals surface area contributed by atoms with Crippen LogP contribution in [0.15, 0.2) is 24.3 Å². The second kappa shape index (κ2) is 5.48. The van der Waals surface area contributed by atoms with Gasteiger partial charge in [0.25, 0.3) is 0 Å². The van der Waals surface area contributed by atoms with Crippen molar-refractivity contribution in [3.05, 3.63) is 35.4 Å². The number of amides is 2. The zero-order valence-corrected chi connectivity index (χ0v) is 15.4. The van der Waals surface area contributed by atoms with Crippen molar-refractivity contribution < 1.29 is 14.3 Å². The van der Waals surface area contributed by atoms with Gasteiger partial charge < -0.3 is 15.0 Å². The second-order valence-electron chi connectivity index (χ2n) is 9.00. The third-order valence-corrected chi connectivity index (χ3v) is 6.96. The lowest BCUT2D eigenvalue weighted by atomic mass is 9.68. The van der Waals surface area contributed by atoms with Crippen molar-refractivity contribution in [1.29, 1.82) is 0 Å². The lowest BCUT2D eigenvalue weighted by molar-refractivity contribution is -0.140. The molecule has 0 bridgehead atoms. The number of hydrogen-bond acceptors (Lipinski definition) is 3. The quantitative estimate of drug-likeness (QED) is 0.908. The van der Waals surface area contributed by atoms with E-state index in [0.29, 0.717) is 30.3 Å². The summed E-state index contributed by atoms with van der Waals surface area (Å²) in [4.78, 5) is 26.0. The number of rotatable bonds is 3. The van der Waals surface area contributed by atoms with E-state index in [1.807, 2.05) is 0 Å². The highest BCUT2D eigenvalue weighted by Gasteiger charge is 2.59. The lowest BCUT2D eigenvalue weighted by Gasteiger charge is -2.43. The molecular formula is C21H26N2O3. The van der Waals surface area contributed by atoms with Crippen LogP contribution in [-0.4, -0.2) is 42.1 Å². The molecule has 4 fully saturated rings. The average molecular weight is 354 g/mol. The molecule has 5 nitrogen and oxygen atoms in total. The Morgan fingerprint density at radius 3 is 2.38 bits per heavy atom. The first-order chi connectivity index (χ1) is 12.5. The molecule has 0 aromatic heterocycles. The number of cyclic esters (lactones) is 1. The minimum Gasteiger partial charge on any atom is -0.447 e. The topological polar surface area (TPSA) is 58.6 Å². The number of carbonyl (C=O) groups is 2. The Morgan fingerprint density at radius 1 is 1.19 bits per heavy atom. The van der Waals surface area contributed by atoms with Crippen molar-refractivity contribution in [2.45, 2.75) is 44.1 Å². The predicted molar refractivity (Wildman–Crippen MR) is 96.8 cm³/mol. The Labute approximate surface area is 154 Å². The van der Waals surface area contributed by atoms with Crippen LogP contribution in [0, 0.1) is 17.8 Å². The van der Waals surface area contributed by atoms with E-state index in [0.717, 1.165) is 25.9 Å². The number of carbonyl (C=O) groups excluding carboxylic acids is 2. The molecule has 1 spiro atoms. The standard InChI is InChI=1S/C21H26N2O3/c1-12(2)13-3-5-14(6-4-13)18-16-9-23(10-17(16)18)19(24)15-7-21(8-15)11-26-20(25)22-21/h3-6,12,15-18H,7-11H2,1-2H3,(H,22,25)/t15?,16-,17+,18?,21?. The molecule has 2 aliphatic heterocycles. The maximum atomic E-state index is 12.8. The Morgan fingerprint density at radius 2 is 1.85 bits per heavy atom. The van der Waals surface area contributed by atoms with Crippen molar-refractivity contribution in [2.75, 3.05) is 19.7 Å². The monoisotopic (exact) mass is 354 g/mol. The van der Waals surface area contributed by atoms with Crippen LogP contribution in [0.2, 0.25) is 0 Å². The van der Waals surface area contributed by atoms with Gasteiger partial charge in [-0.2, -0.15) is 0 Å². The van der Waals surface area contributed by atoms with Crippen LogP contribution in [0.25, 0.3) is 0 Å². The summed E-state index contributed by atoms with van der Waals surface area (Å²) >= 11 is 0. The lowest BCUT2D eigenvalue weighted by Crippen LogP contribution is -2.58. The molecule has 26 heavy (non-hydrogen) atoms. The van der Waals surface area contributed by atoms with E-state index in [9.17, 15) is 9.59 Å². The minimum atomic E-state index is -0.343. The third kappa shape index (κ3) is 2.43. The Kier molecular flexibility index (Phi) is 3.40. The first-order valence-corrected chi connectivity index (χ1v) is 9.79. The van der Waals surface area contributed by atoms with Gasteiger partial charge in [-0.05, 0) is 47.6 Å². The van der Waals surface area contributed by atoms with Gasteiger partial charge in [-0.1, -0.05) is 38.1 Å². The van der Waals surface area contributed by atoms with Crippen molar-refractivity contribution >= 4 is 12.0 Å². The normalized spacial score (nSPS) is 37.3. The summed E-state index contributed by atoms with van der Waals surface area (Å²) < 4.78 is 5.00. The molecule has 2 heterocycles. The van der Waals surface area contributed by atoms with E-state index in [4.69, 9.17) is 4.74 Å². The van der Waals surface area contributed by atoms with Crippen molar-refractivity contribution in [3.63, 3.8) is 0 Å². The van der Waals surface area contributed by atoms with Crippen LogP contribution in [0.3, 0.4) is 0 Å². The van der Waals surface area contributed by atoms with Gasteiger partial charge >= 0.3 is 6.09 Å². The van der Waals surface area contributed by atoms with Gasteiger partial charge in [-0.25, -0.2) is 4.79 Å². The molecule has 1 aromatic carbocycles. The molecule has 2 amide bonds. The van der Waals surface area contributed by atoms with Crippen LogP contribution >= 0.6 is 0 Å². The van der Waals surface area contributed by atoms with Crippen molar-refractivity contribution in [2.24, 2.45) is 17.8 Å². The Bertz CT molecular complexity index is 739. The molecular weight excluding hydrogens is 328 g/mol. The molecule has 1 unspecified atom stereocenters. The summed E-state index contributed by atoms with van der Waals surface area (Å²) in [5, 5.41) is 2.87. The second-order valence-corrected chi connectivity index (χ2v) is 9.00. The molecule has 1 N–H and O–H groups in total. The van der Waals surface area contributed by atoms with Gasteiger partial charge in [-0.15, -0.1) is 0 Å². The molecule has 0 radical (unpaired) electrons. The van der Waals surface area contributed by atoms with Crippen LogP contribution in [0.1, 0.15) is 49.7 Å². The van der Waals surface area contributed by atoms with Crippen LogP contribution < -0.4 is 5.32 Å². The van der Waals surface area contributed by atoms with Gasteiger partial charge in [0.15, 0.2) is 0 Å². The average Bonchev–Trinajstić information content (AvgIpc) is 2.94. The molecule has 138 valence electrons. The van der Waals surface area contributed by atoms with E-state index in [-0.39, 0.29) is 23.5 Å². The van der Waals surface area contributed by atoms with Crippen molar-refractivity contribution in [3.8, 4) is 0 Å². The van der Waals surface area contributed by atoms with Crippen LogP contribution in [0.5, 0.6) is 0 Å². The van der Waals surface area contributed by atoms with Crippen LogP contribution in [-0.2, 0) is 9.53 Å². The maximum absolute atomic E-state index is 12.8. The smallest absolute Gasteiger partial charge is 0.407 e. The summed E-state index contributed by atoms with van der Waals surface area (Å²) in [6.45, 7) is 6.64. The first-order valence-electron chi connectivity index (χ1n) is 9.79. The maximum Gasteiger partial charge on any atom is 0.407 e. The fourth-order valence-electron chi connectivity index (χ4n) is 5.33. The van der Waals surface area contributed by atoms with E-state index < -0.39 is 0 Å². The Hall–Kier alpha value is -2.04. The molecule has 5 heteroatoms. The molecule has 4 aliphatic rings. The summed E-state index contributed by atoms with van der Waals surface area (Å²) in [6.07, 6.45) is 1.11. The number of hydrogen-bond donors (Lipinski definition) is 1. The Balaban J connectivity index is 1.16. The van der Waals surface area contributed by atoms with E-state index >= 15 is 0 Å². The SMILES string of the molecule is CC(C)c1ccc(C2[C@H]3CN(C(=O)C4CC5(COC(=O)N5)C4)C[C@@H]23)cc1.